The van der Waals surface area contributed by atoms with E-state index < -0.39 is 24.0 Å². The minimum Gasteiger partial charge on any atom is -0.378 e. The van der Waals surface area contributed by atoms with Crippen LogP contribution in [0.2, 0.25) is 0 Å². The first kappa shape index (κ1) is 19.7. The number of aliphatic hydroxyl groups excluding tert-OH is 1. The van der Waals surface area contributed by atoms with Gasteiger partial charge in [-0.1, -0.05) is 75.4 Å². The summed E-state index contributed by atoms with van der Waals surface area (Å²) >= 11 is 0. The molecule has 0 saturated carbocycles. The monoisotopic (exact) mass is 354 g/mol. The Kier molecular flexibility index (Phi) is 6.16. The molecular weight excluding hydrogens is 328 g/mol. The van der Waals surface area contributed by atoms with Gasteiger partial charge in [0, 0.05) is 6.42 Å². The number of nitrogens with one attached hydrogen (secondary N) is 1. The van der Waals surface area contributed by atoms with Gasteiger partial charge in [-0.3, -0.25) is 9.59 Å². The van der Waals surface area contributed by atoms with Crippen LogP contribution in [0.25, 0.3) is 0 Å². The molecule has 0 spiro atoms. The van der Waals surface area contributed by atoms with Gasteiger partial charge in [-0.25, -0.2) is 0 Å². The summed E-state index contributed by atoms with van der Waals surface area (Å²) < 4.78 is 0. The molecule has 0 radical (unpaired) electrons. The predicted molar refractivity (Wildman–Crippen MR) is 101 cm³/mol. The lowest BCUT2D eigenvalue weighted by molar-refractivity contribution is -0.133. The van der Waals surface area contributed by atoms with Gasteiger partial charge in [0.05, 0.1) is 0 Å². The van der Waals surface area contributed by atoms with Crippen LogP contribution in [0.1, 0.15) is 43.6 Å². The highest BCUT2D eigenvalue weighted by atomic mass is 16.3. The fourth-order valence-electron chi connectivity index (χ4n) is 2.64. The summed E-state index contributed by atoms with van der Waals surface area (Å²) in [6, 6.07) is 15.5. The summed E-state index contributed by atoms with van der Waals surface area (Å²) in [6.45, 7) is 6.37. The normalized spacial score (nSPS) is 13.7. The van der Waals surface area contributed by atoms with Gasteiger partial charge in [0.1, 0.15) is 6.04 Å². The van der Waals surface area contributed by atoms with E-state index in [9.17, 15) is 14.7 Å². The van der Waals surface area contributed by atoms with Crippen molar-refractivity contribution in [1.29, 1.82) is 0 Å². The SMILES string of the molecule is CC(C)(C)c1ccc(C[C@@H](NC(=O)[C@@H](O)c2ccccc2)C(N)=O)cc1. The average molecular weight is 354 g/mol. The second kappa shape index (κ2) is 8.15. The Morgan fingerprint density at radius 2 is 1.62 bits per heavy atom. The Morgan fingerprint density at radius 1 is 1.04 bits per heavy atom. The lowest BCUT2D eigenvalue weighted by Gasteiger charge is -2.21. The zero-order valence-corrected chi connectivity index (χ0v) is 15.4. The van der Waals surface area contributed by atoms with Crippen molar-refractivity contribution in [2.45, 2.75) is 44.8 Å². The van der Waals surface area contributed by atoms with E-state index in [1.54, 1.807) is 30.3 Å². The minimum atomic E-state index is -1.35. The van der Waals surface area contributed by atoms with Crippen molar-refractivity contribution in [2.75, 3.05) is 0 Å². The van der Waals surface area contributed by atoms with Gasteiger partial charge in [0.15, 0.2) is 6.10 Å². The number of aliphatic hydroxyl groups is 1. The summed E-state index contributed by atoms with van der Waals surface area (Å²) in [5, 5.41) is 12.7. The van der Waals surface area contributed by atoms with Gasteiger partial charge in [-0.15, -0.1) is 0 Å². The number of amides is 2. The van der Waals surface area contributed by atoms with Crippen molar-refractivity contribution in [3.63, 3.8) is 0 Å². The van der Waals surface area contributed by atoms with E-state index in [2.05, 4.69) is 26.1 Å². The first-order chi connectivity index (χ1) is 12.2. The van der Waals surface area contributed by atoms with Crippen molar-refractivity contribution in [1.82, 2.24) is 5.32 Å². The van der Waals surface area contributed by atoms with Crippen LogP contribution in [0.15, 0.2) is 54.6 Å². The van der Waals surface area contributed by atoms with Crippen LogP contribution < -0.4 is 11.1 Å². The summed E-state index contributed by atoms with van der Waals surface area (Å²) in [4.78, 5) is 24.0. The summed E-state index contributed by atoms with van der Waals surface area (Å²) in [6.07, 6.45) is -1.08. The molecule has 2 aromatic rings. The molecular formula is C21H26N2O3. The zero-order chi connectivity index (χ0) is 19.3. The van der Waals surface area contributed by atoms with Crippen molar-refractivity contribution in [3.05, 3.63) is 71.3 Å². The van der Waals surface area contributed by atoms with Crippen LogP contribution in [0.3, 0.4) is 0 Å². The lowest BCUT2D eigenvalue weighted by atomic mass is 9.86. The second-order valence-corrected chi connectivity index (χ2v) is 7.43. The number of hydrogen-bond donors (Lipinski definition) is 3. The third-order valence-corrected chi connectivity index (χ3v) is 4.28. The Morgan fingerprint density at radius 3 is 2.12 bits per heavy atom. The first-order valence-corrected chi connectivity index (χ1v) is 8.60. The molecule has 0 bridgehead atoms. The number of rotatable bonds is 6. The quantitative estimate of drug-likeness (QED) is 0.743. The molecule has 0 heterocycles. The van der Waals surface area contributed by atoms with Crippen LogP contribution in [0.4, 0.5) is 0 Å². The number of hydrogen-bond acceptors (Lipinski definition) is 3. The predicted octanol–water partition coefficient (Wildman–Crippen LogP) is 2.23. The van der Waals surface area contributed by atoms with E-state index >= 15 is 0 Å². The molecule has 5 nitrogen and oxygen atoms in total. The third kappa shape index (κ3) is 5.17. The maximum absolute atomic E-state index is 12.3. The van der Waals surface area contributed by atoms with Crippen LogP contribution in [-0.4, -0.2) is 23.0 Å². The molecule has 0 fully saturated rings. The van der Waals surface area contributed by atoms with Gasteiger partial charge >= 0.3 is 0 Å². The van der Waals surface area contributed by atoms with E-state index in [1.807, 2.05) is 24.3 Å². The fourth-order valence-corrected chi connectivity index (χ4v) is 2.64. The van der Waals surface area contributed by atoms with Crippen molar-refractivity contribution in [3.8, 4) is 0 Å². The number of carbonyl (C=O) groups excluding carboxylic acids is 2. The molecule has 138 valence electrons. The highest BCUT2D eigenvalue weighted by Gasteiger charge is 2.24. The van der Waals surface area contributed by atoms with E-state index in [4.69, 9.17) is 5.73 Å². The molecule has 0 aliphatic carbocycles. The van der Waals surface area contributed by atoms with Crippen molar-refractivity contribution < 1.29 is 14.7 Å². The minimum absolute atomic E-state index is 0.0373. The van der Waals surface area contributed by atoms with Gasteiger partial charge in [-0.05, 0) is 22.1 Å². The average Bonchev–Trinajstić information content (AvgIpc) is 2.60. The van der Waals surface area contributed by atoms with Crippen LogP contribution in [-0.2, 0) is 21.4 Å². The summed E-state index contributed by atoms with van der Waals surface area (Å²) in [7, 11) is 0. The smallest absolute Gasteiger partial charge is 0.254 e. The van der Waals surface area contributed by atoms with Crippen LogP contribution in [0, 0.1) is 0 Å². The highest BCUT2D eigenvalue weighted by molar-refractivity contribution is 5.89. The van der Waals surface area contributed by atoms with E-state index in [0.29, 0.717) is 5.56 Å². The highest BCUT2D eigenvalue weighted by Crippen LogP contribution is 2.22. The maximum atomic E-state index is 12.3. The molecule has 0 aromatic heterocycles. The lowest BCUT2D eigenvalue weighted by Crippen LogP contribution is -2.47. The maximum Gasteiger partial charge on any atom is 0.254 e. The van der Waals surface area contributed by atoms with Crippen molar-refractivity contribution >= 4 is 11.8 Å². The Bertz CT molecular complexity index is 749. The molecule has 2 atom stereocenters. The van der Waals surface area contributed by atoms with E-state index in [0.717, 1.165) is 5.56 Å². The molecule has 2 amide bonds. The Hall–Kier alpha value is -2.66. The second-order valence-electron chi connectivity index (χ2n) is 7.43. The van der Waals surface area contributed by atoms with Crippen LogP contribution in [0.5, 0.6) is 0 Å². The summed E-state index contributed by atoms with van der Waals surface area (Å²) in [5.41, 5.74) is 8.00. The number of benzene rings is 2. The number of nitrogens with two attached hydrogens (primary N) is 1. The van der Waals surface area contributed by atoms with E-state index in [1.165, 1.54) is 5.56 Å². The molecule has 0 aliphatic rings. The Labute approximate surface area is 154 Å². The largest absolute Gasteiger partial charge is 0.378 e. The van der Waals surface area contributed by atoms with Gasteiger partial charge < -0.3 is 16.2 Å². The van der Waals surface area contributed by atoms with E-state index in [-0.39, 0.29) is 11.8 Å². The summed E-state index contributed by atoms with van der Waals surface area (Å²) in [5.74, 6) is -1.29. The topological polar surface area (TPSA) is 92.4 Å². The van der Waals surface area contributed by atoms with Crippen LogP contribution >= 0.6 is 0 Å². The fraction of sp³-hybridized carbons (Fsp3) is 0.333. The number of carbonyl (C=O) groups is 2. The number of primary amides is 1. The standard InChI is InChI=1S/C21H26N2O3/c1-21(2,3)16-11-9-14(10-12-16)13-17(19(22)25)23-20(26)18(24)15-7-5-4-6-8-15/h4-12,17-18,24H,13H2,1-3H3,(H2,22,25)(H,23,26)/t17-,18+/m1/s1. The van der Waals surface area contributed by atoms with Gasteiger partial charge in [0.25, 0.3) is 5.91 Å². The Balaban J connectivity index is 2.07. The molecule has 0 aliphatic heterocycles. The third-order valence-electron chi connectivity index (χ3n) is 4.28. The molecule has 4 N–H and O–H groups in total. The van der Waals surface area contributed by atoms with Gasteiger partial charge in [-0.2, -0.15) is 0 Å². The van der Waals surface area contributed by atoms with Crippen molar-refractivity contribution in [2.24, 2.45) is 5.73 Å². The first-order valence-electron chi connectivity index (χ1n) is 8.60. The molecule has 0 unspecified atom stereocenters. The van der Waals surface area contributed by atoms with Gasteiger partial charge in [0.2, 0.25) is 5.91 Å². The molecule has 5 heteroatoms. The molecule has 26 heavy (non-hydrogen) atoms. The molecule has 2 rings (SSSR count). The molecule has 0 saturated heterocycles. The molecule has 2 aromatic carbocycles. The zero-order valence-electron chi connectivity index (χ0n) is 15.4.